The van der Waals surface area contributed by atoms with Gasteiger partial charge in [-0.1, -0.05) is 22.6 Å². The van der Waals surface area contributed by atoms with Crippen molar-refractivity contribution in [2.75, 3.05) is 13.7 Å². The molecule has 54 valence electrons. The van der Waals surface area contributed by atoms with Gasteiger partial charge in [-0.05, 0) is 10.2 Å². The van der Waals surface area contributed by atoms with Gasteiger partial charge in [0.2, 0.25) is 0 Å². The zero-order valence-electron chi connectivity index (χ0n) is 5.38. The summed E-state index contributed by atoms with van der Waals surface area (Å²) < 4.78 is 6.87. The highest BCUT2D eigenvalue weighted by atomic mass is 127. The van der Waals surface area contributed by atoms with Crippen LogP contribution in [-0.2, 0) is 4.74 Å². The molecule has 0 bridgehead atoms. The molecule has 3 heteroatoms. The molecule has 0 aromatic carbocycles. The molecule has 0 radical (unpaired) electrons. The molecule has 0 rings (SSSR count). The largest absolute Gasteiger partial charge is 0.396 e. The van der Waals surface area contributed by atoms with E-state index < -0.39 is 0 Å². The Balaban J connectivity index is 3.41. The van der Waals surface area contributed by atoms with Gasteiger partial charge in [-0.3, -0.25) is 0 Å². The van der Waals surface area contributed by atoms with Crippen LogP contribution in [0.1, 0.15) is 6.42 Å². The molecular formula is C6H11IO2. The van der Waals surface area contributed by atoms with Crippen LogP contribution in [0.5, 0.6) is 0 Å². The molecule has 0 aromatic rings. The molecule has 0 aromatic heterocycles. The van der Waals surface area contributed by atoms with Crippen molar-refractivity contribution in [2.24, 2.45) is 0 Å². The third-order valence-corrected chi connectivity index (χ3v) is 1.42. The quantitative estimate of drug-likeness (QED) is 0.753. The van der Waals surface area contributed by atoms with E-state index in [9.17, 15) is 0 Å². The second kappa shape index (κ2) is 6.51. The minimum Gasteiger partial charge on any atom is -0.396 e. The van der Waals surface area contributed by atoms with Crippen LogP contribution in [0.3, 0.4) is 0 Å². The smallest absolute Gasteiger partial charge is 0.0781 e. The fraction of sp³-hybridized carbons (Fsp3) is 0.667. The minimum atomic E-state index is 0.0758. The van der Waals surface area contributed by atoms with Crippen LogP contribution < -0.4 is 0 Å². The van der Waals surface area contributed by atoms with Gasteiger partial charge in [-0.25, -0.2) is 0 Å². The highest BCUT2D eigenvalue weighted by Crippen LogP contribution is 1.99. The number of ether oxygens (including phenoxy) is 1. The minimum absolute atomic E-state index is 0.0758. The summed E-state index contributed by atoms with van der Waals surface area (Å²) in [6.07, 6.45) is 2.67. The third kappa shape index (κ3) is 4.87. The normalized spacial score (nSPS) is 14.6. The van der Waals surface area contributed by atoms with Crippen LogP contribution in [0.25, 0.3) is 0 Å². The number of rotatable bonds is 4. The van der Waals surface area contributed by atoms with Gasteiger partial charge in [0, 0.05) is 20.1 Å². The Morgan fingerprint density at radius 1 is 1.78 bits per heavy atom. The monoisotopic (exact) mass is 242 g/mol. The van der Waals surface area contributed by atoms with Crippen molar-refractivity contribution < 1.29 is 9.84 Å². The molecule has 0 aliphatic rings. The summed E-state index contributed by atoms with van der Waals surface area (Å²) in [6.45, 7) is 0.180. The Bertz CT molecular complexity index is 83.1. The zero-order valence-corrected chi connectivity index (χ0v) is 7.54. The van der Waals surface area contributed by atoms with Crippen LogP contribution in [0.4, 0.5) is 0 Å². The highest BCUT2D eigenvalue weighted by molar-refractivity contribution is 14.1. The third-order valence-electron chi connectivity index (χ3n) is 1.00. The summed E-state index contributed by atoms with van der Waals surface area (Å²) in [6, 6.07) is 0. The summed E-state index contributed by atoms with van der Waals surface area (Å²) in [5.41, 5.74) is 0. The van der Waals surface area contributed by atoms with E-state index in [0.29, 0.717) is 6.42 Å². The lowest BCUT2D eigenvalue weighted by molar-refractivity contribution is 0.112. The van der Waals surface area contributed by atoms with Crippen molar-refractivity contribution in [1.29, 1.82) is 0 Å². The highest BCUT2D eigenvalue weighted by Gasteiger charge is 1.98. The van der Waals surface area contributed by atoms with Crippen molar-refractivity contribution in [3.05, 3.63) is 10.2 Å². The van der Waals surface area contributed by atoms with Gasteiger partial charge < -0.3 is 9.84 Å². The Morgan fingerprint density at radius 2 is 2.44 bits per heavy atom. The van der Waals surface area contributed by atoms with Crippen molar-refractivity contribution in [1.82, 2.24) is 0 Å². The Hall–Kier alpha value is 0.390. The van der Waals surface area contributed by atoms with Gasteiger partial charge in [0.05, 0.1) is 6.10 Å². The number of methoxy groups -OCH3 is 1. The van der Waals surface area contributed by atoms with E-state index >= 15 is 0 Å². The number of hydrogen-bond donors (Lipinski definition) is 1. The Labute approximate surface area is 69.0 Å². The first kappa shape index (κ1) is 9.39. The summed E-state index contributed by atoms with van der Waals surface area (Å²) >= 11 is 2.12. The lowest BCUT2D eigenvalue weighted by atomic mass is 10.3. The van der Waals surface area contributed by atoms with Gasteiger partial charge in [0.25, 0.3) is 0 Å². The molecule has 0 heterocycles. The van der Waals surface area contributed by atoms with Crippen molar-refractivity contribution >= 4 is 22.6 Å². The summed E-state index contributed by atoms with van der Waals surface area (Å²) in [5, 5.41) is 8.48. The maximum atomic E-state index is 8.48. The van der Waals surface area contributed by atoms with Crippen LogP contribution in [-0.4, -0.2) is 24.9 Å². The summed E-state index contributed by atoms with van der Waals surface area (Å²) in [4.78, 5) is 0. The molecular weight excluding hydrogens is 231 g/mol. The molecule has 0 saturated heterocycles. The number of aliphatic hydroxyl groups excluding tert-OH is 1. The van der Waals surface area contributed by atoms with E-state index in [0.717, 1.165) is 0 Å². The first-order chi connectivity index (χ1) is 4.35. The van der Waals surface area contributed by atoms with E-state index in [1.807, 2.05) is 10.2 Å². The Kier molecular flexibility index (Phi) is 6.79. The van der Waals surface area contributed by atoms with Gasteiger partial charge in [0.1, 0.15) is 0 Å². The van der Waals surface area contributed by atoms with Crippen LogP contribution in [0, 0.1) is 0 Å². The molecule has 9 heavy (non-hydrogen) atoms. The lowest BCUT2D eigenvalue weighted by Crippen LogP contribution is -2.08. The SMILES string of the molecule is CO[C@@H](/C=C/I)CCO. The molecule has 0 aliphatic carbocycles. The first-order valence-electron chi connectivity index (χ1n) is 2.75. The molecule has 1 atom stereocenters. The van der Waals surface area contributed by atoms with Gasteiger partial charge >= 0.3 is 0 Å². The zero-order chi connectivity index (χ0) is 7.11. The molecule has 0 amide bonds. The summed E-state index contributed by atoms with van der Waals surface area (Å²) in [5.74, 6) is 0. The molecule has 0 spiro atoms. The van der Waals surface area contributed by atoms with Crippen molar-refractivity contribution in [3.63, 3.8) is 0 Å². The molecule has 1 N–H and O–H groups in total. The number of halogens is 1. The van der Waals surface area contributed by atoms with Gasteiger partial charge in [-0.15, -0.1) is 0 Å². The average Bonchev–Trinajstić information content (AvgIpc) is 1.88. The fourth-order valence-corrected chi connectivity index (χ4v) is 0.964. The molecule has 2 nitrogen and oxygen atoms in total. The van der Waals surface area contributed by atoms with E-state index in [-0.39, 0.29) is 12.7 Å². The van der Waals surface area contributed by atoms with E-state index in [2.05, 4.69) is 22.6 Å². The standard InChI is InChI=1S/C6H11IO2/c1-9-6(2-4-7)3-5-8/h2,4,6,8H,3,5H2,1H3/b4-2+/t6-/m0/s1. The Morgan fingerprint density at radius 3 is 2.78 bits per heavy atom. The summed E-state index contributed by atoms with van der Waals surface area (Å²) in [7, 11) is 1.64. The van der Waals surface area contributed by atoms with Crippen LogP contribution in [0.15, 0.2) is 10.2 Å². The van der Waals surface area contributed by atoms with Crippen LogP contribution >= 0.6 is 22.6 Å². The maximum Gasteiger partial charge on any atom is 0.0781 e. The van der Waals surface area contributed by atoms with Gasteiger partial charge in [-0.2, -0.15) is 0 Å². The average molecular weight is 242 g/mol. The number of hydrogen-bond acceptors (Lipinski definition) is 2. The molecule has 0 fully saturated rings. The van der Waals surface area contributed by atoms with E-state index in [4.69, 9.17) is 9.84 Å². The number of aliphatic hydroxyl groups is 1. The van der Waals surface area contributed by atoms with Gasteiger partial charge in [0.15, 0.2) is 0 Å². The fourth-order valence-electron chi connectivity index (χ4n) is 0.501. The molecule has 0 unspecified atom stereocenters. The predicted molar refractivity (Wildman–Crippen MR) is 45.7 cm³/mol. The van der Waals surface area contributed by atoms with Crippen LogP contribution in [0.2, 0.25) is 0 Å². The second-order valence-electron chi connectivity index (χ2n) is 1.60. The van der Waals surface area contributed by atoms with E-state index in [1.165, 1.54) is 0 Å². The van der Waals surface area contributed by atoms with Crippen molar-refractivity contribution in [2.45, 2.75) is 12.5 Å². The topological polar surface area (TPSA) is 29.5 Å². The predicted octanol–water partition coefficient (Wildman–Crippen LogP) is 1.33. The molecule has 0 aliphatic heterocycles. The van der Waals surface area contributed by atoms with E-state index in [1.54, 1.807) is 7.11 Å². The first-order valence-corrected chi connectivity index (χ1v) is 4.00. The lowest BCUT2D eigenvalue weighted by Gasteiger charge is -2.06. The second-order valence-corrected chi connectivity index (χ2v) is 2.32. The maximum absolute atomic E-state index is 8.48. The molecule has 0 saturated carbocycles. The van der Waals surface area contributed by atoms with Crippen molar-refractivity contribution in [3.8, 4) is 0 Å².